The van der Waals surface area contributed by atoms with E-state index in [-0.39, 0.29) is 24.7 Å². The molecule has 1 saturated heterocycles. The number of halogens is 5. The Morgan fingerprint density at radius 3 is 2.62 bits per heavy atom. The molecule has 2 N–H and O–H groups in total. The molecule has 13 heteroatoms. The third kappa shape index (κ3) is 6.84. The number of carbonyl (C=O) groups is 1. The van der Waals surface area contributed by atoms with Crippen LogP contribution in [0.2, 0.25) is 0 Å². The number of nitrogens with one attached hydrogen (secondary N) is 2. The van der Waals surface area contributed by atoms with E-state index in [9.17, 15) is 18.0 Å². The number of aromatic nitrogens is 2. The number of rotatable bonds is 10. The molecular weight excluding hydrogens is 561 g/mol. The largest absolute Gasteiger partial charge is 0.492 e. The van der Waals surface area contributed by atoms with Crippen LogP contribution in [0.3, 0.4) is 0 Å². The monoisotopic (exact) mass is 595 g/mol. The summed E-state index contributed by atoms with van der Waals surface area (Å²) >= 11 is 0. The topological polar surface area (TPSA) is 82.7 Å². The quantitative estimate of drug-likeness (QED) is 0.268. The fourth-order valence-electron chi connectivity index (χ4n) is 5.81. The Labute approximate surface area is 240 Å². The lowest BCUT2D eigenvalue weighted by Gasteiger charge is -2.42. The number of benzene rings is 2. The van der Waals surface area contributed by atoms with Gasteiger partial charge in [-0.3, -0.25) is 14.8 Å². The predicted octanol–water partition coefficient (Wildman–Crippen LogP) is 4.35. The number of carbonyl (C=O) groups excluding carboxylic acids is 1. The highest BCUT2D eigenvalue weighted by atomic mass is 19.4. The van der Waals surface area contributed by atoms with Gasteiger partial charge in [-0.15, -0.1) is 0 Å². The summed E-state index contributed by atoms with van der Waals surface area (Å²) in [5.74, 6) is -1.94. The van der Waals surface area contributed by atoms with Crippen molar-refractivity contribution in [2.24, 2.45) is 0 Å². The van der Waals surface area contributed by atoms with Crippen molar-refractivity contribution in [3.05, 3.63) is 58.8 Å². The van der Waals surface area contributed by atoms with Crippen LogP contribution in [0, 0.1) is 11.6 Å². The number of amides is 1. The van der Waals surface area contributed by atoms with Gasteiger partial charge in [-0.1, -0.05) is 6.07 Å². The maximum Gasteiger partial charge on any atom is 0.401 e. The third-order valence-electron chi connectivity index (χ3n) is 7.81. The van der Waals surface area contributed by atoms with E-state index in [1.165, 1.54) is 0 Å². The summed E-state index contributed by atoms with van der Waals surface area (Å²) in [5.41, 5.74) is 1.37. The molecule has 2 aromatic carbocycles. The second-order valence-electron chi connectivity index (χ2n) is 10.7. The Balaban J connectivity index is 1.25. The molecule has 0 bridgehead atoms. The first kappa shape index (κ1) is 30.2. The van der Waals surface area contributed by atoms with Crippen molar-refractivity contribution in [1.82, 2.24) is 25.3 Å². The van der Waals surface area contributed by atoms with Crippen molar-refractivity contribution >= 4 is 16.8 Å². The van der Waals surface area contributed by atoms with Gasteiger partial charge in [-0.25, -0.2) is 8.78 Å². The van der Waals surface area contributed by atoms with Gasteiger partial charge in [0.25, 0.3) is 0 Å². The normalized spacial score (nSPS) is 19.7. The number of alkyl halides is 3. The van der Waals surface area contributed by atoms with Gasteiger partial charge in [0.15, 0.2) is 0 Å². The van der Waals surface area contributed by atoms with Crippen LogP contribution in [0.1, 0.15) is 42.5 Å². The number of hydrogen-bond donors (Lipinski definition) is 2. The molecule has 42 heavy (non-hydrogen) atoms. The van der Waals surface area contributed by atoms with Crippen LogP contribution in [-0.2, 0) is 16.0 Å². The maximum absolute atomic E-state index is 15.6. The molecule has 0 saturated carbocycles. The van der Waals surface area contributed by atoms with E-state index in [1.807, 2.05) is 0 Å². The van der Waals surface area contributed by atoms with E-state index in [0.717, 1.165) is 22.4 Å². The number of nitrogens with zero attached hydrogens (tertiary/aromatic N) is 3. The van der Waals surface area contributed by atoms with E-state index in [2.05, 4.69) is 15.5 Å². The standard InChI is InChI=1S/C29H34F5N5O3/c1-18-13-21-20(4-5-25-22(21)16-36-37-25)28(39(18)17-29(32,33)34)27-23(30)14-19(15-24(27)31)42-10-7-35-6-2-3-26(40)38-8-11-41-12-9-38/h4-5,14-16,18,28,35H,2-3,6-13,17H2,1H3,(H,36,37)/t18-,28+/m1/s1. The van der Waals surface area contributed by atoms with E-state index in [1.54, 1.807) is 30.2 Å². The summed E-state index contributed by atoms with van der Waals surface area (Å²) in [6.07, 6.45) is -1.67. The lowest BCUT2D eigenvalue weighted by molar-refractivity contribution is -0.155. The van der Waals surface area contributed by atoms with Crippen molar-refractivity contribution in [1.29, 1.82) is 0 Å². The van der Waals surface area contributed by atoms with Crippen LogP contribution in [-0.4, -0.2) is 90.7 Å². The smallest absolute Gasteiger partial charge is 0.401 e. The van der Waals surface area contributed by atoms with Crippen LogP contribution in [0.15, 0.2) is 30.5 Å². The van der Waals surface area contributed by atoms with Gasteiger partial charge in [0.05, 0.1) is 37.5 Å². The number of fused-ring (bicyclic) bond motifs is 3. The minimum Gasteiger partial charge on any atom is -0.492 e. The van der Waals surface area contributed by atoms with Crippen LogP contribution < -0.4 is 10.1 Å². The van der Waals surface area contributed by atoms with Crippen LogP contribution in [0.25, 0.3) is 10.9 Å². The number of H-pyrrole nitrogens is 1. The van der Waals surface area contributed by atoms with Crippen molar-refractivity contribution < 1.29 is 36.2 Å². The summed E-state index contributed by atoms with van der Waals surface area (Å²) < 4.78 is 82.8. The van der Waals surface area contributed by atoms with Crippen molar-refractivity contribution in [3.63, 3.8) is 0 Å². The molecule has 1 fully saturated rings. The first-order valence-electron chi connectivity index (χ1n) is 14.1. The van der Waals surface area contributed by atoms with E-state index in [4.69, 9.17) is 9.47 Å². The van der Waals surface area contributed by atoms with Gasteiger partial charge in [-0.2, -0.15) is 18.3 Å². The predicted molar refractivity (Wildman–Crippen MR) is 145 cm³/mol. The average Bonchev–Trinajstić information content (AvgIpc) is 3.43. The number of morpholine rings is 1. The van der Waals surface area contributed by atoms with E-state index >= 15 is 8.78 Å². The molecule has 8 nitrogen and oxygen atoms in total. The highest BCUT2D eigenvalue weighted by Crippen LogP contribution is 2.43. The molecular formula is C29H34F5N5O3. The van der Waals surface area contributed by atoms with Crippen molar-refractivity contribution in [3.8, 4) is 5.75 Å². The molecule has 2 aliphatic heterocycles. The summed E-state index contributed by atoms with van der Waals surface area (Å²) in [4.78, 5) is 15.1. The summed E-state index contributed by atoms with van der Waals surface area (Å²) in [6.45, 7) is 3.68. The highest BCUT2D eigenvalue weighted by Gasteiger charge is 2.43. The minimum absolute atomic E-state index is 0.0604. The molecule has 2 atom stereocenters. The van der Waals surface area contributed by atoms with Crippen LogP contribution in [0.5, 0.6) is 5.75 Å². The first-order chi connectivity index (χ1) is 20.1. The van der Waals surface area contributed by atoms with E-state index < -0.39 is 42.0 Å². The zero-order valence-corrected chi connectivity index (χ0v) is 23.3. The molecule has 0 spiro atoms. The van der Waals surface area contributed by atoms with Gasteiger partial charge in [0.1, 0.15) is 24.0 Å². The Bertz CT molecular complexity index is 1370. The average molecular weight is 596 g/mol. The summed E-state index contributed by atoms with van der Waals surface area (Å²) in [6, 6.07) is 3.37. The van der Waals surface area contributed by atoms with Gasteiger partial charge >= 0.3 is 6.18 Å². The highest BCUT2D eigenvalue weighted by molar-refractivity contribution is 5.83. The summed E-state index contributed by atoms with van der Waals surface area (Å²) in [5, 5.41) is 10.7. The Hall–Kier alpha value is -3.29. The SMILES string of the molecule is C[C@@H]1Cc2c(ccc3[nH]ncc23)[C@@H](c2c(F)cc(OCCNCCCC(=O)N3CCOCC3)cc2F)N1CC(F)(F)F. The van der Waals surface area contributed by atoms with E-state index in [0.29, 0.717) is 68.9 Å². The van der Waals surface area contributed by atoms with Gasteiger partial charge < -0.3 is 19.7 Å². The van der Waals surface area contributed by atoms with Crippen LogP contribution >= 0.6 is 0 Å². The third-order valence-corrected chi connectivity index (χ3v) is 7.81. The number of ether oxygens (including phenoxy) is 2. The fraction of sp³-hybridized carbons (Fsp3) is 0.517. The zero-order valence-electron chi connectivity index (χ0n) is 23.3. The Morgan fingerprint density at radius 1 is 1.17 bits per heavy atom. The molecule has 0 radical (unpaired) electrons. The first-order valence-corrected chi connectivity index (χ1v) is 14.1. The van der Waals surface area contributed by atoms with Crippen LogP contribution in [0.4, 0.5) is 22.0 Å². The zero-order chi connectivity index (χ0) is 29.9. The molecule has 1 amide bonds. The number of hydrogen-bond acceptors (Lipinski definition) is 6. The summed E-state index contributed by atoms with van der Waals surface area (Å²) in [7, 11) is 0. The molecule has 3 heterocycles. The van der Waals surface area contributed by atoms with Gasteiger partial charge in [-0.05, 0) is 43.5 Å². The van der Waals surface area contributed by atoms with Gasteiger partial charge in [0.2, 0.25) is 5.91 Å². The second-order valence-corrected chi connectivity index (χ2v) is 10.7. The van der Waals surface area contributed by atoms with Gasteiger partial charge in [0, 0.05) is 55.2 Å². The molecule has 5 rings (SSSR count). The molecule has 1 aromatic heterocycles. The van der Waals surface area contributed by atoms with Crippen molar-refractivity contribution in [2.75, 3.05) is 52.5 Å². The second kappa shape index (κ2) is 12.9. The Kier molecular flexibility index (Phi) is 9.28. The molecule has 0 unspecified atom stereocenters. The molecule has 0 aliphatic carbocycles. The van der Waals surface area contributed by atoms with Crippen molar-refractivity contribution in [2.45, 2.75) is 44.4 Å². The molecule has 228 valence electrons. The lowest BCUT2D eigenvalue weighted by atomic mass is 9.83. The molecule has 3 aromatic rings. The lowest BCUT2D eigenvalue weighted by Crippen LogP contribution is -2.47. The minimum atomic E-state index is -4.57. The molecule has 2 aliphatic rings. The number of aromatic amines is 1. The Morgan fingerprint density at radius 2 is 1.90 bits per heavy atom. The fourth-order valence-corrected chi connectivity index (χ4v) is 5.81. The maximum atomic E-state index is 15.6.